The molecule has 7 heteroatoms. The van der Waals surface area contributed by atoms with Gasteiger partial charge in [-0.2, -0.15) is 5.26 Å². The average molecular weight is 346 g/mol. The summed E-state index contributed by atoms with van der Waals surface area (Å²) in [7, 11) is 5.21. The number of aromatic nitrogens is 1. The van der Waals surface area contributed by atoms with Gasteiger partial charge in [0.1, 0.15) is 11.9 Å². The van der Waals surface area contributed by atoms with Crippen molar-refractivity contribution < 1.29 is 14.6 Å². The smallest absolute Gasteiger partial charge is 0.339 e. The lowest BCUT2D eigenvalue weighted by Crippen LogP contribution is -2.41. The molecule has 1 aromatic rings. The SMILES string of the molecule is COC(=O)c1cc(C#N)c(N2CCC[C@](O)(CN(C)C)CC2)nc1C. The van der Waals surface area contributed by atoms with Gasteiger partial charge in [-0.25, -0.2) is 9.78 Å². The molecule has 1 fully saturated rings. The first-order chi connectivity index (χ1) is 11.8. The number of aliphatic hydroxyl groups is 1. The van der Waals surface area contributed by atoms with E-state index in [2.05, 4.69) is 11.1 Å². The van der Waals surface area contributed by atoms with Crippen LogP contribution in [0.25, 0.3) is 0 Å². The van der Waals surface area contributed by atoms with Crippen LogP contribution in [0.2, 0.25) is 0 Å². The number of hydrogen-bond acceptors (Lipinski definition) is 7. The second-order valence-electron chi connectivity index (χ2n) is 6.90. The number of anilines is 1. The van der Waals surface area contributed by atoms with Crippen molar-refractivity contribution in [3.8, 4) is 6.07 Å². The van der Waals surface area contributed by atoms with Crippen molar-refractivity contribution in [2.24, 2.45) is 0 Å². The number of likely N-dealkylation sites (N-methyl/N-ethyl adjacent to an activating group) is 1. The molecule has 1 aromatic heterocycles. The van der Waals surface area contributed by atoms with Crippen molar-refractivity contribution in [3.05, 3.63) is 22.9 Å². The van der Waals surface area contributed by atoms with Crippen molar-refractivity contribution >= 4 is 11.8 Å². The van der Waals surface area contributed by atoms with Crippen LogP contribution in [0.1, 0.15) is 40.9 Å². The predicted octanol–water partition coefficient (Wildman–Crippen LogP) is 1.33. The number of hydrogen-bond donors (Lipinski definition) is 1. The van der Waals surface area contributed by atoms with Crippen LogP contribution in [0.3, 0.4) is 0 Å². The number of carbonyl (C=O) groups is 1. The van der Waals surface area contributed by atoms with Crippen molar-refractivity contribution in [3.63, 3.8) is 0 Å². The van der Waals surface area contributed by atoms with E-state index in [-0.39, 0.29) is 0 Å². The van der Waals surface area contributed by atoms with Gasteiger partial charge in [-0.15, -0.1) is 0 Å². The third-order valence-electron chi connectivity index (χ3n) is 4.55. The highest BCUT2D eigenvalue weighted by atomic mass is 16.5. The van der Waals surface area contributed by atoms with Gasteiger partial charge >= 0.3 is 5.97 Å². The van der Waals surface area contributed by atoms with Gasteiger partial charge in [0, 0.05) is 19.6 Å². The number of nitrogens with zero attached hydrogens (tertiary/aromatic N) is 4. The maximum Gasteiger partial charge on any atom is 0.339 e. The number of nitriles is 1. The summed E-state index contributed by atoms with van der Waals surface area (Å²) in [4.78, 5) is 20.3. The number of esters is 1. The Morgan fingerprint density at radius 1 is 1.48 bits per heavy atom. The first-order valence-electron chi connectivity index (χ1n) is 8.42. The Morgan fingerprint density at radius 2 is 2.20 bits per heavy atom. The van der Waals surface area contributed by atoms with Crippen LogP contribution in [0.15, 0.2) is 6.07 Å². The molecule has 1 N–H and O–H groups in total. The summed E-state index contributed by atoms with van der Waals surface area (Å²) >= 11 is 0. The Kier molecular flexibility index (Phi) is 5.98. The highest BCUT2D eigenvalue weighted by Gasteiger charge is 2.32. The van der Waals surface area contributed by atoms with E-state index in [1.807, 2.05) is 23.9 Å². The number of methoxy groups -OCH3 is 1. The van der Waals surface area contributed by atoms with E-state index in [1.54, 1.807) is 13.0 Å². The van der Waals surface area contributed by atoms with Gasteiger partial charge in [0.25, 0.3) is 0 Å². The van der Waals surface area contributed by atoms with E-state index >= 15 is 0 Å². The zero-order valence-electron chi connectivity index (χ0n) is 15.4. The second kappa shape index (κ2) is 7.81. The lowest BCUT2D eigenvalue weighted by atomic mass is 9.94. The summed E-state index contributed by atoms with van der Waals surface area (Å²) in [5.41, 5.74) is 0.464. The molecule has 0 aromatic carbocycles. The number of carbonyl (C=O) groups excluding carboxylic acids is 1. The van der Waals surface area contributed by atoms with E-state index in [0.29, 0.717) is 55.1 Å². The lowest BCUT2D eigenvalue weighted by molar-refractivity contribution is 0.00536. The van der Waals surface area contributed by atoms with E-state index in [4.69, 9.17) is 4.74 Å². The molecule has 7 nitrogen and oxygen atoms in total. The van der Waals surface area contributed by atoms with Crippen LogP contribution < -0.4 is 4.90 Å². The van der Waals surface area contributed by atoms with Crippen LogP contribution in [-0.4, -0.2) is 67.4 Å². The number of pyridine rings is 1. The standard InChI is InChI=1S/C18H26N4O3/c1-13-15(17(23)25-4)10-14(11-19)16(20-13)22-8-5-6-18(24,7-9-22)12-21(2)3/h10,24H,5-9,12H2,1-4H3/t18-/m1/s1. The summed E-state index contributed by atoms with van der Waals surface area (Å²) in [6, 6.07) is 3.67. The van der Waals surface area contributed by atoms with Crippen LogP contribution in [0.5, 0.6) is 0 Å². The molecule has 0 amide bonds. The van der Waals surface area contributed by atoms with Crippen LogP contribution in [0, 0.1) is 18.3 Å². The fraction of sp³-hybridized carbons (Fsp3) is 0.611. The Labute approximate surface area is 148 Å². The summed E-state index contributed by atoms with van der Waals surface area (Å²) < 4.78 is 4.75. The monoisotopic (exact) mass is 346 g/mol. The zero-order chi connectivity index (χ0) is 18.6. The number of aryl methyl sites for hydroxylation is 1. The zero-order valence-corrected chi connectivity index (χ0v) is 15.4. The Morgan fingerprint density at radius 3 is 2.80 bits per heavy atom. The largest absolute Gasteiger partial charge is 0.465 e. The third-order valence-corrected chi connectivity index (χ3v) is 4.55. The average Bonchev–Trinajstić information content (AvgIpc) is 2.74. The van der Waals surface area contributed by atoms with Crippen molar-refractivity contribution in [2.75, 3.05) is 45.7 Å². The molecule has 0 bridgehead atoms. The fourth-order valence-corrected chi connectivity index (χ4v) is 3.37. The molecule has 136 valence electrons. The van der Waals surface area contributed by atoms with Gasteiger partial charge in [-0.05, 0) is 46.3 Å². The van der Waals surface area contributed by atoms with Gasteiger partial charge in [0.05, 0.1) is 29.5 Å². The molecule has 2 heterocycles. The molecule has 0 aliphatic carbocycles. The van der Waals surface area contributed by atoms with Crippen molar-refractivity contribution in [2.45, 2.75) is 31.8 Å². The molecule has 1 atom stereocenters. The second-order valence-corrected chi connectivity index (χ2v) is 6.90. The Bertz CT molecular complexity index is 684. The van der Waals surface area contributed by atoms with Crippen LogP contribution in [-0.2, 0) is 4.74 Å². The molecule has 0 radical (unpaired) electrons. The Balaban J connectivity index is 2.28. The minimum atomic E-state index is -0.730. The maximum atomic E-state index is 11.8. The number of rotatable bonds is 4. The van der Waals surface area contributed by atoms with Crippen LogP contribution >= 0.6 is 0 Å². The Hall–Kier alpha value is -2.17. The molecule has 1 aliphatic heterocycles. The van der Waals surface area contributed by atoms with Crippen molar-refractivity contribution in [1.82, 2.24) is 9.88 Å². The van der Waals surface area contributed by atoms with E-state index < -0.39 is 11.6 Å². The first-order valence-corrected chi connectivity index (χ1v) is 8.42. The van der Waals surface area contributed by atoms with Crippen LogP contribution in [0.4, 0.5) is 5.82 Å². The van der Waals surface area contributed by atoms with Gasteiger partial charge in [0.15, 0.2) is 0 Å². The molecule has 0 spiro atoms. The van der Waals surface area contributed by atoms with Crippen molar-refractivity contribution in [1.29, 1.82) is 5.26 Å². The lowest BCUT2D eigenvalue weighted by Gasteiger charge is -2.30. The van der Waals surface area contributed by atoms with Gasteiger partial charge in [-0.1, -0.05) is 0 Å². The molecule has 0 unspecified atom stereocenters. The molecule has 0 saturated carbocycles. The summed E-state index contributed by atoms with van der Waals surface area (Å²) in [6.45, 7) is 3.67. The maximum absolute atomic E-state index is 11.8. The quantitative estimate of drug-likeness (QED) is 0.823. The van der Waals surface area contributed by atoms with E-state index in [0.717, 1.165) is 6.42 Å². The normalized spacial score (nSPS) is 20.9. The molecule has 1 saturated heterocycles. The minimum absolute atomic E-state index is 0.307. The fourth-order valence-electron chi connectivity index (χ4n) is 3.37. The minimum Gasteiger partial charge on any atom is -0.465 e. The van der Waals surface area contributed by atoms with Gasteiger partial charge < -0.3 is 19.6 Å². The highest BCUT2D eigenvalue weighted by molar-refractivity contribution is 5.91. The molecule has 25 heavy (non-hydrogen) atoms. The summed E-state index contributed by atoms with van der Waals surface area (Å²) in [6.07, 6.45) is 2.13. The summed E-state index contributed by atoms with van der Waals surface area (Å²) in [5, 5.41) is 20.3. The van der Waals surface area contributed by atoms with Gasteiger partial charge in [-0.3, -0.25) is 0 Å². The van der Waals surface area contributed by atoms with Gasteiger partial charge in [0.2, 0.25) is 0 Å². The highest BCUT2D eigenvalue weighted by Crippen LogP contribution is 2.28. The predicted molar refractivity (Wildman–Crippen MR) is 94.6 cm³/mol. The first kappa shape index (κ1) is 19.2. The van der Waals surface area contributed by atoms with E-state index in [1.165, 1.54) is 7.11 Å². The molecule has 2 rings (SSSR count). The molecular formula is C18H26N4O3. The summed E-state index contributed by atoms with van der Waals surface area (Å²) in [5.74, 6) is 0.0750. The third kappa shape index (κ3) is 4.47. The molecule has 1 aliphatic rings. The van der Waals surface area contributed by atoms with E-state index in [9.17, 15) is 15.2 Å². The molecular weight excluding hydrogens is 320 g/mol. The number of ether oxygens (including phenoxy) is 1. The topological polar surface area (TPSA) is 89.7 Å².